The maximum absolute atomic E-state index is 8.34. The van der Waals surface area contributed by atoms with Crippen LogP contribution in [0, 0.1) is 0 Å². The molecule has 1 saturated heterocycles. The third-order valence-corrected chi connectivity index (χ3v) is 2.11. The van der Waals surface area contributed by atoms with Crippen LogP contribution >= 0.6 is 0 Å². The predicted molar refractivity (Wildman–Crippen MR) is 47.3 cm³/mol. The molecule has 0 radical (unpaired) electrons. The Bertz CT molecular complexity index is 163. The zero-order chi connectivity index (χ0) is 8.97. The SMILES string of the molecule is CN1CCN(C/C(N)=N/O)CC1. The van der Waals surface area contributed by atoms with Gasteiger partial charge in [-0.1, -0.05) is 5.16 Å². The van der Waals surface area contributed by atoms with Crippen LogP contribution in [0.15, 0.2) is 5.16 Å². The van der Waals surface area contributed by atoms with E-state index < -0.39 is 0 Å². The fourth-order valence-corrected chi connectivity index (χ4v) is 1.27. The van der Waals surface area contributed by atoms with Crippen LogP contribution in [0.3, 0.4) is 0 Å². The van der Waals surface area contributed by atoms with Crippen molar-refractivity contribution in [2.45, 2.75) is 0 Å². The van der Waals surface area contributed by atoms with Gasteiger partial charge in [0.05, 0.1) is 6.54 Å². The van der Waals surface area contributed by atoms with E-state index in [1.54, 1.807) is 0 Å². The van der Waals surface area contributed by atoms with E-state index in [1.165, 1.54) is 0 Å². The number of nitrogens with zero attached hydrogens (tertiary/aromatic N) is 3. The molecule has 1 rings (SSSR count). The summed E-state index contributed by atoms with van der Waals surface area (Å²) in [4.78, 5) is 4.44. The van der Waals surface area contributed by atoms with Gasteiger partial charge in [0.1, 0.15) is 0 Å². The first-order valence-corrected chi connectivity index (χ1v) is 4.09. The maximum atomic E-state index is 8.34. The smallest absolute Gasteiger partial charge is 0.153 e. The second-order valence-corrected chi connectivity index (χ2v) is 3.17. The molecular formula is C7H16N4O. The van der Waals surface area contributed by atoms with E-state index in [2.05, 4.69) is 22.0 Å². The quantitative estimate of drug-likeness (QED) is 0.242. The van der Waals surface area contributed by atoms with Gasteiger partial charge in [-0.3, -0.25) is 4.90 Å². The van der Waals surface area contributed by atoms with Crippen LogP contribution < -0.4 is 5.73 Å². The summed E-state index contributed by atoms with van der Waals surface area (Å²) < 4.78 is 0. The van der Waals surface area contributed by atoms with Gasteiger partial charge in [0.25, 0.3) is 0 Å². The average Bonchev–Trinajstić information content (AvgIpc) is 2.09. The molecule has 0 aliphatic carbocycles. The highest BCUT2D eigenvalue weighted by Gasteiger charge is 2.14. The van der Waals surface area contributed by atoms with Gasteiger partial charge in [0.15, 0.2) is 5.84 Å². The summed E-state index contributed by atoms with van der Waals surface area (Å²) in [6, 6.07) is 0. The number of hydrogen-bond acceptors (Lipinski definition) is 4. The summed E-state index contributed by atoms with van der Waals surface area (Å²) in [5, 5.41) is 11.3. The Hall–Kier alpha value is -0.810. The molecule has 1 heterocycles. The average molecular weight is 172 g/mol. The topological polar surface area (TPSA) is 65.1 Å². The van der Waals surface area contributed by atoms with Crippen molar-refractivity contribution in [3.63, 3.8) is 0 Å². The first-order chi connectivity index (χ1) is 5.72. The molecule has 1 aliphatic rings. The fraction of sp³-hybridized carbons (Fsp3) is 0.857. The largest absolute Gasteiger partial charge is 0.409 e. The predicted octanol–water partition coefficient (Wildman–Crippen LogP) is -1.02. The molecule has 5 heteroatoms. The zero-order valence-electron chi connectivity index (χ0n) is 7.40. The second kappa shape index (κ2) is 4.27. The highest BCUT2D eigenvalue weighted by Crippen LogP contribution is 1.97. The number of oxime groups is 1. The number of amidine groups is 1. The van der Waals surface area contributed by atoms with Gasteiger partial charge in [-0.25, -0.2) is 0 Å². The summed E-state index contributed by atoms with van der Waals surface area (Å²) in [6.45, 7) is 4.67. The number of rotatable bonds is 2. The molecule has 0 aromatic heterocycles. The van der Waals surface area contributed by atoms with Gasteiger partial charge < -0.3 is 15.8 Å². The summed E-state index contributed by atoms with van der Waals surface area (Å²) in [7, 11) is 2.10. The molecule has 1 fully saturated rings. The zero-order valence-corrected chi connectivity index (χ0v) is 7.40. The van der Waals surface area contributed by atoms with E-state index >= 15 is 0 Å². The molecule has 0 aromatic rings. The van der Waals surface area contributed by atoms with Crippen molar-refractivity contribution < 1.29 is 5.21 Å². The highest BCUT2D eigenvalue weighted by molar-refractivity contribution is 5.81. The van der Waals surface area contributed by atoms with Crippen molar-refractivity contribution in [3.8, 4) is 0 Å². The molecule has 0 saturated carbocycles. The van der Waals surface area contributed by atoms with Gasteiger partial charge in [0.2, 0.25) is 0 Å². The van der Waals surface area contributed by atoms with E-state index in [-0.39, 0.29) is 0 Å². The summed E-state index contributed by atoms with van der Waals surface area (Å²) >= 11 is 0. The van der Waals surface area contributed by atoms with Crippen LogP contribution in [0.2, 0.25) is 0 Å². The summed E-state index contributed by atoms with van der Waals surface area (Å²) in [5.41, 5.74) is 5.38. The minimum absolute atomic E-state index is 0.291. The van der Waals surface area contributed by atoms with Crippen molar-refractivity contribution in [2.24, 2.45) is 10.9 Å². The van der Waals surface area contributed by atoms with E-state index in [0.29, 0.717) is 12.4 Å². The molecule has 0 unspecified atom stereocenters. The standard InChI is InChI=1S/C7H16N4O/c1-10-2-4-11(5-3-10)6-7(8)9-12/h12H,2-6H2,1H3,(H2,8,9). The number of nitrogens with two attached hydrogens (primary N) is 1. The molecule has 0 spiro atoms. The Labute approximate surface area is 72.4 Å². The number of likely N-dealkylation sites (N-methyl/N-ethyl adjacent to an activating group) is 1. The normalized spacial score (nSPS) is 22.9. The lowest BCUT2D eigenvalue weighted by Crippen LogP contribution is -2.47. The lowest BCUT2D eigenvalue weighted by molar-refractivity contribution is 0.169. The first kappa shape index (κ1) is 9.28. The van der Waals surface area contributed by atoms with Gasteiger partial charge >= 0.3 is 0 Å². The Kier molecular flexibility index (Phi) is 3.31. The van der Waals surface area contributed by atoms with Crippen LogP contribution in [0.5, 0.6) is 0 Å². The van der Waals surface area contributed by atoms with E-state index in [4.69, 9.17) is 10.9 Å². The molecule has 12 heavy (non-hydrogen) atoms. The molecule has 0 amide bonds. The molecule has 3 N–H and O–H groups in total. The number of hydrogen-bond donors (Lipinski definition) is 2. The first-order valence-electron chi connectivity index (χ1n) is 4.09. The van der Waals surface area contributed by atoms with Crippen LogP contribution in [-0.4, -0.2) is 60.6 Å². The van der Waals surface area contributed by atoms with Crippen LogP contribution in [0.1, 0.15) is 0 Å². The summed E-state index contributed by atoms with van der Waals surface area (Å²) in [5.74, 6) is 0.291. The van der Waals surface area contributed by atoms with Crippen molar-refractivity contribution in [2.75, 3.05) is 39.8 Å². The van der Waals surface area contributed by atoms with Crippen LogP contribution in [0.25, 0.3) is 0 Å². The Balaban J connectivity index is 2.26. The lowest BCUT2D eigenvalue weighted by atomic mass is 10.3. The van der Waals surface area contributed by atoms with Gasteiger partial charge in [-0.2, -0.15) is 0 Å². The fourth-order valence-electron chi connectivity index (χ4n) is 1.27. The molecule has 0 aromatic carbocycles. The van der Waals surface area contributed by atoms with Crippen LogP contribution in [0.4, 0.5) is 0 Å². The second-order valence-electron chi connectivity index (χ2n) is 3.17. The minimum Gasteiger partial charge on any atom is -0.409 e. The van der Waals surface area contributed by atoms with E-state index in [9.17, 15) is 0 Å². The third-order valence-electron chi connectivity index (χ3n) is 2.11. The molecule has 5 nitrogen and oxygen atoms in total. The monoisotopic (exact) mass is 172 g/mol. The Morgan fingerprint density at radius 1 is 1.42 bits per heavy atom. The Morgan fingerprint density at radius 2 is 2.00 bits per heavy atom. The minimum atomic E-state index is 0.291. The molecule has 0 bridgehead atoms. The third kappa shape index (κ3) is 2.67. The van der Waals surface area contributed by atoms with Gasteiger partial charge in [0, 0.05) is 26.2 Å². The van der Waals surface area contributed by atoms with E-state index in [0.717, 1.165) is 26.2 Å². The van der Waals surface area contributed by atoms with Crippen molar-refractivity contribution in [3.05, 3.63) is 0 Å². The van der Waals surface area contributed by atoms with Gasteiger partial charge in [-0.15, -0.1) is 0 Å². The lowest BCUT2D eigenvalue weighted by Gasteiger charge is -2.31. The van der Waals surface area contributed by atoms with Gasteiger partial charge in [-0.05, 0) is 7.05 Å². The highest BCUT2D eigenvalue weighted by atomic mass is 16.4. The van der Waals surface area contributed by atoms with Crippen molar-refractivity contribution in [1.82, 2.24) is 9.80 Å². The number of piperazine rings is 1. The molecular weight excluding hydrogens is 156 g/mol. The van der Waals surface area contributed by atoms with Crippen LogP contribution in [-0.2, 0) is 0 Å². The summed E-state index contributed by atoms with van der Waals surface area (Å²) in [6.07, 6.45) is 0. The van der Waals surface area contributed by atoms with E-state index in [1.807, 2.05) is 0 Å². The maximum Gasteiger partial charge on any atom is 0.153 e. The van der Waals surface area contributed by atoms with Crippen molar-refractivity contribution >= 4 is 5.84 Å². The molecule has 0 atom stereocenters. The van der Waals surface area contributed by atoms with Crippen molar-refractivity contribution in [1.29, 1.82) is 0 Å². The molecule has 70 valence electrons. The Morgan fingerprint density at radius 3 is 2.50 bits per heavy atom. The molecule has 1 aliphatic heterocycles.